The van der Waals surface area contributed by atoms with Crippen LogP contribution in [-0.4, -0.2) is 34.5 Å². The van der Waals surface area contributed by atoms with Crippen LogP contribution in [0.1, 0.15) is 30.2 Å². The maximum atomic E-state index is 13.9. The minimum atomic E-state index is -2.04. The van der Waals surface area contributed by atoms with Gasteiger partial charge in [-0.3, -0.25) is 24.0 Å². The molecule has 0 aliphatic heterocycles. The Labute approximate surface area is 269 Å². The van der Waals surface area contributed by atoms with Gasteiger partial charge in [-0.15, -0.1) is 0 Å². The lowest BCUT2D eigenvalue weighted by Gasteiger charge is -2.28. The Morgan fingerprint density at radius 3 is 2.10 bits per heavy atom. The maximum Gasteiger partial charge on any atom is 0.260 e. The first-order valence-corrected chi connectivity index (χ1v) is 15.0. The highest BCUT2D eigenvalue weighted by Gasteiger charge is 2.54. The van der Waals surface area contributed by atoms with Crippen LogP contribution in [0.5, 0.6) is 17.2 Å². The molecule has 11 heteroatoms. The van der Waals surface area contributed by atoms with E-state index in [-0.39, 0.29) is 23.8 Å². The summed E-state index contributed by atoms with van der Waals surface area (Å²) in [5, 5.41) is 33.2. The molecule has 7 rings (SSSR count). The van der Waals surface area contributed by atoms with Crippen molar-refractivity contribution in [3.63, 3.8) is 0 Å². The highest BCUT2D eigenvalue weighted by molar-refractivity contribution is 6.05. The molecule has 1 atom stereocenters. The average Bonchev–Trinajstić information content (AvgIpc) is 3.57. The summed E-state index contributed by atoms with van der Waals surface area (Å²) in [7, 11) is 2.65. The number of pyridine rings is 1. The Bertz CT molecular complexity index is 2790. The second-order valence-corrected chi connectivity index (χ2v) is 11.7. The third kappa shape index (κ3) is 3.84. The van der Waals surface area contributed by atoms with E-state index in [0.717, 1.165) is 13.2 Å². The van der Waals surface area contributed by atoms with Crippen molar-refractivity contribution in [3.05, 3.63) is 144 Å². The van der Waals surface area contributed by atoms with Gasteiger partial charge in [-0.1, -0.05) is 30.4 Å². The van der Waals surface area contributed by atoms with Gasteiger partial charge in [0.25, 0.3) is 5.56 Å². The minimum Gasteiger partial charge on any atom is -0.510 e. The average molecular weight is 646 g/mol. The van der Waals surface area contributed by atoms with Gasteiger partial charge in [0.05, 0.1) is 40.5 Å². The zero-order valence-electron chi connectivity index (χ0n) is 25.9. The quantitative estimate of drug-likeness (QED) is 0.206. The summed E-state index contributed by atoms with van der Waals surface area (Å²) in [5.41, 5.74) is -4.99. The predicted octanol–water partition coefficient (Wildman–Crippen LogP) is 1.78. The topological polar surface area (TPSA) is 180 Å². The third-order valence-corrected chi connectivity index (χ3v) is 9.41. The number of allylic oxidation sites excluding steroid dienone is 3. The van der Waals surface area contributed by atoms with Crippen LogP contribution in [0.25, 0.3) is 39.5 Å². The van der Waals surface area contributed by atoms with Crippen molar-refractivity contribution in [2.75, 3.05) is 14.2 Å². The second kappa shape index (κ2) is 10.7. The van der Waals surface area contributed by atoms with Crippen LogP contribution in [-0.2, 0) is 11.8 Å². The van der Waals surface area contributed by atoms with Gasteiger partial charge >= 0.3 is 0 Å². The van der Waals surface area contributed by atoms with Crippen LogP contribution in [0.4, 0.5) is 0 Å². The van der Waals surface area contributed by atoms with Gasteiger partial charge in [-0.25, -0.2) is 0 Å². The molecule has 48 heavy (non-hydrogen) atoms. The summed E-state index contributed by atoms with van der Waals surface area (Å²) in [5.74, 6) is -1.99. The molecule has 4 N–H and O–H groups in total. The van der Waals surface area contributed by atoms with E-state index in [1.54, 1.807) is 48.6 Å². The molecule has 4 aliphatic rings. The zero-order valence-corrected chi connectivity index (χ0v) is 25.9. The molecular formula is C37H27NO10. The number of aliphatic hydroxyl groups is 2. The summed E-state index contributed by atoms with van der Waals surface area (Å²) in [6.07, 6.45) is 7.03. The normalized spacial score (nSPS) is 17.0. The first kappa shape index (κ1) is 30.4. The maximum absolute atomic E-state index is 13.9. The van der Waals surface area contributed by atoms with E-state index in [9.17, 15) is 39.3 Å². The Kier molecular flexibility index (Phi) is 6.76. The van der Waals surface area contributed by atoms with Gasteiger partial charge in [-0.05, 0) is 60.7 Å². The number of phenols is 1. The number of ether oxygens (including phenoxy) is 2. The fourth-order valence-corrected chi connectivity index (χ4v) is 7.31. The summed E-state index contributed by atoms with van der Waals surface area (Å²) >= 11 is 0. The van der Waals surface area contributed by atoms with E-state index < -0.39 is 76.6 Å². The van der Waals surface area contributed by atoms with E-state index in [1.807, 2.05) is 13.0 Å². The molecule has 1 heterocycles. The van der Waals surface area contributed by atoms with Crippen LogP contribution in [0.2, 0.25) is 0 Å². The first-order chi connectivity index (χ1) is 23.0. The molecule has 0 saturated heterocycles. The molecule has 11 nitrogen and oxygen atoms in total. The van der Waals surface area contributed by atoms with Crippen molar-refractivity contribution in [2.24, 2.45) is 0 Å². The number of phenolic OH excluding ortho intramolecular Hbond substituents is 1. The molecule has 0 saturated carbocycles. The van der Waals surface area contributed by atoms with Crippen molar-refractivity contribution in [2.45, 2.75) is 25.2 Å². The lowest BCUT2D eigenvalue weighted by molar-refractivity contribution is 0.362. The van der Waals surface area contributed by atoms with Gasteiger partial charge in [0.2, 0.25) is 16.3 Å². The summed E-state index contributed by atoms with van der Waals surface area (Å²) in [6, 6.07) is 9.47. The molecule has 0 fully saturated rings. The number of hydrogen-bond acceptors (Lipinski definition) is 10. The highest BCUT2D eigenvalue weighted by atomic mass is 16.5. The SMILES string of the molecule is C/C=C/C=C/c1cc2c(-c3ccc(OC)cc3)c3c(c(O)c2c(=O)[nH]1)[C@@]1(CC3)C(O)=c2c(=O)c3c(=O)cc(OC)c(=O)c=3c(=O)c2=C1O. The number of aromatic hydroxyl groups is 1. The number of rotatable bonds is 5. The minimum absolute atomic E-state index is 0.0696. The Morgan fingerprint density at radius 2 is 1.48 bits per heavy atom. The second-order valence-electron chi connectivity index (χ2n) is 11.7. The standard InChI is InChI=1S/C37H27NO10/c1-4-5-6-7-17-14-20-23(16-8-10-18(47-2)11-9-16)19-12-13-37(29(19)33(43)24(20)36(46)38-17)34(44)27-28(35(37)45)32(42)26-25(31(27)41)21(39)15-22(48-3)30(26)40/h4-11,14-15,43-45H,12-13H2,1-3H3,(H,38,46)/b5-4+,7-6+/t37-/m0/s1. The fraction of sp³-hybridized carbons (Fsp3) is 0.162. The summed E-state index contributed by atoms with van der Waals surface area (Å²) in [6.45, 7) is 1.84. The Morgan fingerprint density at radius 1 is 0.812 bits per heavy atom. The number of aromatic amines is 1. The lowest BCUT2D eigenvalue weighted by Crippen LogP contribution is -2.51. The molecule has 0 unspecified atom stereocenters. The number of nitrogens with one attached hydrogen (secondary N) is 1. The number of fused-ring (bicyclic) bond motifs is 4. The van der Waals surface area contributed by atoms with Crippen molar-refractivity contribution in [3.8, 4) is 28.4 Å². The number of hydrogen-bond donors (Lipinski definition) is 4. The predicted molar refractivity (Wildman–Crippen MR) is 179 cm³/mol. The van der Waals surface area contributed by atoms with Gasteiger partial charge < -0.3 is 29.8 Å². The van der Waals surface area contributed by atoms with Crippen LogP contribution in [0.3, 0.4) is 0 Å². The molecule has 1 aromatic heterocycles. The Hall–Kier alpha value is -6.23. The molecule has 1 spiro atoms. The van der Waals surface area contributed by atoms with Crippen molar-refractivity contribution >= 4 is 28.4 Å². The van der Waals surface area contributed by atoms with Crippen LogP contribution in [0, 0.1) is 10.4 Å². The van der Waals surface area contributed by atoms with E-state index in [2.05, 4.69) is 4.98 Å². The number of aliphatic hydroxyl groups excluding tert-OH is 2. The highest BCUT2D eigenvalue weighted by Crippen LogP contribution is 2.57. The van der Waals surface area contributed by atoms with E-state index in [4.69, 9.17) is 9.47 Å². The van der Waals surface area contributed by atoms with E-state index in [1.165, 1.54) is 7.11 Å². The van der Waals surface area contributed by atoms with Crippen molar-refractivity contribution in [1.29, 1.82) is 0 Å². The number of methoxy groups -OCH3 is 2. The largest absolute Gasteiger partial charge is 0.510 e. The van der Waals surface area contributed by atoms with Crippen LogP contribution >= 0.6 is 0 Å². The van der Waals surface area contributed by atoms with Crippen molar-refractivity contribution < 1.29 is 24.8 Å². The molecule has 3 aromatic rings. The number of H-pyrrole nitrogens is 1. The summed E-state index contributed by atoms with van der Waals surface area (Å²) < 4.78 is 10.3. The molecule has 240 valence electrons. The zero-order chi connectivity index (χ0) is 34.2. The molecule has 2 aromatic carbocycles. The molecular weight excluding hydrogens is 618 g/mol. The molecule has 0 amide bonds. The van der Waals surface area contributed by atoms with Gasteiger partial charge in [-0.2, -0.15) is 0 Å². The smallest absolute Gasteiger partial charge is 0.260 e. The third-order valence-electron chi connectivity index (χ3n) is 9.41. The number of aromatic nitrogens is 1. The van der Waals surface area contributed by atoms with Gasteiger partial charge in [0.1, 0.15) is 28.4 Å². The first-order valence-electron chi connectivity index (χ1n) is 15.0. The van der Waals surface area contributed by atoms with E-state index >= 15 is 0 Å². The fourth-order valence-electron chi connectivity index (χ4n) is 7.31. The monoisotopic (exact) mass is 645 g/mol. The molecule has 4 aliphatic carbocycles. The van der Waals surface area contributed by atoms with Gasteiger partial charge in [0.15, 0.2) is 11.2 Å². The van der Waals surface area contributed by atoms with Crippen LogP contribution < -0.4 is 47.2 Å². The van der Waals surface area contributed by atoms with Crippen molar-refractivity contribution in [1.82, 2.24) is 4.98 Å². The van der Waals surface area contributed by atoms with Crippen LogP contribution in [0.15, 0.2) is 78.6 Å². The van der Waals surface area contributed by atoms with Gasteiger partial charge in [0, 0.05) is 22.7 Å². The Balaban J connectivity index is 1.67. The van der Waals surface area contributed by atoms with E-state index in [0.29, 0.717) is 33.5 Å². The molecule has 0 radical (unpaired) electrons. The lowest BCUT2D eigenvalue weighted by atomic mass is 9.77. The molecule has 0 bridgehead atoms. The summed E-state index contributed by atoms with van der Waals surface area (Å²) in [4.78, 5) is 70.3. The number of benzene rings is 2.